The van der Waals surface area contributed by atoms with E-state index < -0.39 is 28.5 Å². The minimum atomic E-state index is -4.12. The van der Waals surface area contributed by atoms with Crippen LogP contribution in [0.4, 0.5) is 5.69 Å². The summed E-state index contributed by atoms with van der Waals surface area (Å²) in [6.07, 6.45) is 0.734. The zero-order chi connectivity index (χ0) is 30.3. The van der Waals surface area contributed by atoms with E-state index in [2.05, 4.69) is 5.32 Å². The molecule has 41 heavy (non-hydrogen) atoms. The predicted octanol–water partition coefficient (Wildman–Crippen LogP) is 5.15. The summed E-state index contributed by atoms with van der Waals surface area (Å²) < 4.78 is 34.5. The Hall–Kier alpha value is -3.85. The fourth-order valence-electron chi connectivity index (χ4n) is 4.26. The normalized spacial score (nSPS) is 12.8. The molecule has 8 nitrogen and oxygen atoms in total. The van der Waals surface area contributed by atoms with Gasteiger partial charge in [-0.05, 0) is 94.1 Å². The van der Waals surface area contributed by atoms with E-state index in [9.17, 15) is 18.0 Å². The molecule has 0 spiro atoms. The van der Waals surface area contributed by atoms with Crippen molar-refractivity contribution in [1.29, 1.82) is 0 Å². The third-order valence-corrected chi connectivity index (χ3v) is 9.11. The molecule has 3 aromatic carbocycles. The Labute approximate surface area is 244 Å². The predicted molar refractivity (Wildman–Crippen MR) is 163 cm³/mol. The van der Waals surface area contributed by atoms with E-state index in [0.717, 1.165) is 33.0 Å². The molecule has 0 saturated carbocycles. The fourth-order valence-corrected chi connectivity index (χ4v) is 5.67. The van der Waals surface area contributed by atoms with Gasteiger partial charge in [-0.3, -0.25) is 13.9 Å². The molecule has 220 valence electrons. The van der Waals surface area contributed by atoms with E-state index in [1.54, 1.807) is 62.6 Å². The van der Waals surface area contributed by atoms with Crippen molar-refractivity contribution in [1.82, 2.24) is 10.2 Å². The van der Waals surface area contributed by atoms with Gasteiger partial charge in [0, 0.05) is 12.6 Å². The van der Waals surface area contributed by atoms with E-state index in [1.165, 1.54) is 4.90 Å². The van der Waals surface area contributed by atoms with Crippen molar-refractivity contribution >= 4 is 27.5 Å². The minimum Gasteiger partial charge on any atom is -0.497 e. The van der Waals surface area contributed by atoms with Gasteiger partial charge >= 0.3 is 0 Å². The number of benzene rings is 3. The van der Waals surface area contributed by atoms with Gasteiger partial charge in [-0.25, -0.2) is 8.42 Å². The molecule has 0 aliphatic rings. The van der Waals surface area contributed by atoms with Gasteiger partial charge in [0.05, 0.1) is 17.7 Å². The van der Waals surface area contributed by atoms with Crippen LogP contribution in [0.2, 0.25) is 0 Å². The Bertz CT molecular complexity index is 1470. The summed E-state index contributed by atoms with van der Waals surface area (Å²) in [4.78, 5) is 28.8. The van der Waals surface area contributed by atoms with Crippen LogP contribution in [0.1, 0.15) is 49.4 Å². The van der Waals surface area contributed by atoms with Gasteiger partial charge in [0.15, 0.2) is 0 Å². The van der Waals surface area contributed by atoms with E-state index in [-0.39, 0.29) is 23.4 Å². The van der Waals surface area contributed by atoms with Crippen LogP contribution < -0.4 is 14.4 Å². The molecule has 0 aliphatic heterocycles. The number of nitrogens with one attached hydrogen (secondary N) is 1. The van der Waals surface area contributed by atoms with E-state index in [4.69, 9.17) is 4.74 Å². The second kappa shape index (κ2) is 13.7. The molecular formula is C32H41N3O5S. The molecule has 3 rings (SSSR count). The first-order chi connectivity index (χ1) is 19.4. The average Bonchev–Trinajstić information content (AvgIpc) is 2.95. The number of hydrogen-bond donors (Lipinski definition) is 1. The van der Waals surface area contributed by atoms with Crippen LogP contribution in [0.5, 0.6) is 5.75 Å². The van der Waals surface area contributed by atoms with Gasteiger partial charge in [0.2, 0.25) is 11.8 Å². The lowest BCUT2D eigenvalue weighted by Gasteiger charge is -2.32. The summed E-state index contributed by atoms with van der Waals surface area (Å²) in [6, 6.07) is 18.1. The summed E-state index contributed by atoms with van der Waals surface area (Å²) >= 11 is 0. The number of sulfonamides is 1. The first kappa shape index (κ1) is 31.7. The molecule has 0 heterocycles. The topological polar surface area (TPSA) is 96.0 Å². The summed E-state index contributed by atoms with van der Waals surface area (Å²) in [5.74, 6) is -0.200. The number of methoxy groups -OCH3 is 1. The maximum atomic E-state index is 14.1. The molecule has 0 bridgehead atoms. The number of rotatable bonds is 12. The Balaban J connectivity index is 2.06. The first-order valence-electron chi connectivity index (χ1n) is 13.8. The standard InChI is InChI=1S/C32H41N3O5S/c1-8-25(5)33-32(37)26(6)34(20-27-10-9-11-29(19-27)40-7)31(36)21-35(28-15-14-23(3)24(4)18-28)41(38,39)30-16-12-22(2)13-17-30/h9-19,25-26H,8,20-21H2,1-7H3,(H,33,37)/t25-,26+/m0/s1. The summed E-state index contributed by atoms with van der Waals surface area (Å²) in [7, 11) is -2.56. The van der Waals surface area contributed by atoms with Crippen molar-refractivity contribution in [2.24, 2.45) is 0 Å². The van der Waals surface area contributed by atoms with Crippen LogP contribution in [0, 0.1) is 20.8 Å². The molecule has 0 aromatic heterocycles. The SMILES string of the molecule is CC[C@H](C)NC(=O)[C@@H](C)N(Cc1cccc(OC)c1)C(=O)CN(c1ccc(C)c(C)c1)S(=O)(=O)c1ccc(C)cc1. The highest BCUT2D eigenvalue weighted by Gasteiger charge is 2.33. The lowest BCUT2D eigenvalue weighted by molar-refractivity contribution is -0.139. The van der Waals surface area contributed by atoms with E-state index in [0.29, 0.717) is 11.4 Å². The quantitative estimate of drug-likeness (QED) is 0.320. The van der Waals surface area contributed by atoms with Crippen molar-refractivity contribution in [3.8, 4) is 5.75 Å². The monoisotopic (exact) mass is 579 g/mol. The zero-order valence-corrected chi connectivity index (χ0v) is 25.8. The molecule has 0 aliphatic carbocycles. The lowest BCUT2D eigenvalue weighted by Crippen LogP contribution is -2.52. The van der Waals surface area contributed by atoms with E-state index in [1.807, 2.05) is 52.8 Å². The average molecular weight is 580 g/mol. The molecule has 1 N–H and O–H groups in total. The summed E-state index contributed by atoms with van der Waals surface area (Å²) in [6.45, 7) is 10.8. The van der Waals surface area contributed by atoms with Crippen molar-refractivity contribution in [3.05, 3.63) is 89.0 Å². The molecule has 0 unspecified atom stereocenters. The number of hydrogen-bond acceptors (Lipinski definition) is 5. The molecule has 9 heteroatoms. The number of carbonyl (C=O) groups is 2. The molecule has 2 atom stereocenters. The molecule has 3 aromatic rings. The highest BCUT2D eigenvalue weighted by Crippen LogP contribution is 2.27. The second-order valence-corrected chi connectivity index (χ2v) is 12.3. The maximum Gasteiger partial charge on any atom is 0.264 e. The Morgan fingerprint density at radius 1 is 0.927 bits per heavy atom. The maximum absolute atomic E-state index is 14.1. The van der Waals surface area contributed by atoms with Crippen molar-refractivity contribution in [2.75, 3.05) is 18.0 Å². The third-order valence-electron chi connectivity index (χ3n) is 7.32. The van der Waals surface area contributed by atoms with Crippen LogP contribution in [-0.2, 0) is 26.2 Å². The Morgan fingerprint density at radius 2 is 1.61 bits per heavy atom. The van der Waals surface area contributed by atoms with Gasteiger partial charge in [0.1, 0.15) is 18.3 Å². The van der Waals surface area contributed by atoms with Crippen LogP contribution in [0.3, 0.4) is 0 Å². The first-order valence-corrected chi connectivity index (χ1v) is 15.2. The van der Waals surface area contributed by atoms with Crippen molar-refractivity contribution in [2.45, 2.75) is 71.5 Å². The Morgan fingerprint density at radius 3 is 2.22 bits per heavy atom. The summed E-state index contributed by atoms with van der Waals surface area (Å²) in [5, 5.41) is 2.94. The smallest absolute Gasteiger partial charge is 0.264 e. The Kier molecular flexibility index (Phi) is 10.6. The molecule has 0 radical (unpaired) electrons. The van der Waals surface area contributed by atoms with Gasteiger partial charge in [-0.15, -0.1) is 0 Å². The molecule has 2 amide bonds. The van der Waals surface area contributed by atoms with Crippen LogP contribution in [-0.4, -0.2) is 50.9 Å². The highest BCUT2D eigenvalue weighted by molar-refractivity contribution is 7.92. The second-order valence-electron chi connectivity index (χ2n) is 10.5. The number of ether oxygens (including phenoxy) is 1. The molecular weight excluding hydrogens is 538 g/mol. The van der Waals surface area contributed by atoms with Gasteiger partial charge in [0.25, 0.3) is 10.0 Å². The number of amides is 2. The van der Waals surface area contributed by atoms with Gasteiger partial charge in [-0.2, -0.15) is 0 Å². The fraction of sp³-hybridized carbons (Fsp3) is 0.375. The summed E-state index contributed by atoms with van der Waals surface area (Å²) in [5.41, 5.74) is 3.94. The van der Waals surface area contributed by atoms with Crippen LogP contribution in [0.25, 0.3) is 0 Å². The third kappa shape index (κ3) is 7.88. The van der Waals surface area contributed by atoms with Crippen molar-refractivity contribution < 1.29 is 22.7 Å². The number of carbonyl (C=O) groups excluding carboxylic acids is 2. The molecule has 0 saturated heterocycles. The highest BCUT2D eigenvalue weighted by atomic mass is 32.2. The minimum absolute atomic E-state index is 0.0762. The van der Waals surface area contributed by atoms with Gasteiger partial charge < -0.3 is 15.0 Å². The zero-order valence-electron chi connectivity index (χ0n) is 25.0. The van der Waals surface area contributed by atoms with Crippen LogP contribution in [0.15, 0.2) is 71.6 Å². The number of anilines is 1. The van der Waals surface area contributed by atoms with Crippen molar-refractivity contribution in [3.63, 3.8) is 0 Å². The largest absolute Gasteiger partial charge is 0.497 e. The van der Waals surface area contributed by atoms with Gasteiger partial charge in [-0.1, -0.05) is 42.8 Å². The number of nitrogens with zero attached hydrogens (tertiary/aromatic N) is 2. The number of aryl methyl sites for hydroxylation is 3. The van der Waals surface area contributed by atoms with Crippen LogP contribution >= 0.6 is 0 Å². The molecule has 0 fully saturated rings. The van der Waals surface area contributed by atoms with E-state index >= 15 is 0 Å². The lowest BCUT2D eigenvalue weighted by atomic mass is 10.1.